The van der Waals surface area contributed by atoms with E-state index in [4.69, 9.17) is 20.2 Å². The second-order valence-electron chi connectivity index (χ2n) is 13.3. The summed E-state index contributed by atoms with van der Waals surface area (Å²) in [6, 6.07) is -0.0889. The van der Waals surface area contributed by atoms with Gasteiger partial charge in [-0.25, -0.2) is 31.1 Å². The minimum absolute atomic E-state index is 0.00600. The first kappa shape index (κ1) is 30.8. The summed E-state index contributed by atoms with van der Waals surface area (Å²) in [7, 11) is -2.44. The zero-order valence-electron chi connectivity index (χ0n) is 25.4. The van der Waals surface area contributed by atoms with Crippen molar-refractivity contribution in [3.05, 3.63) is 29.2 Å². The van der Waals surface area contributed by atoms with E-state index in [1.807, 2.05) is 4.90 Å². The van der Waals surface area contributed by atoms with Crippen LogP contribution in [0.3, 0.4) is 0 Å². The van der Waals surface area contributed by atoms with Crippen molar-refractivity contribution in [2.45, 2.75) is 66.3 Å². The number of hydrogen-bond acceptors (Lipinski definition) is 11. The number of nitrogens with two attached hydrogens (primary N) is 1. The highest BCUT2D eigenvalue weighted by molar-refractivity contribution is 7.83. The average molecular weight is 711 g/mol. The van der Waals surface area contributed by atoms with E-state index in [-0.39, 0.29) is 68.4 Å². The van der Waals surface area contributed by atoms with Crippen molar-refractivity contribution in [2.75, 3.05) is 56.6 Å². The molecule has 0 amide bonds. The molecule has 256 valence electrons. The maximum absolute atomic E-state index is 17.3. The standard InChI is InChI=1S/C30H31F5N8O3S2/c31-14-6-29(4-1-5-41(29)10-14)13-46-28-39-22-20(33)23(17-2-3-18(32)24-21(17)38-27(36)47-24)43(19-7-30(19,34)35)48(44)25(22)26(40-28)42-15-8-37-9-16(42)12-45-11-15/h2-3,14-16,19,37H,1,4-13H2,(H2,36,38)/t14-,15?,16?,19?,29+,48?/m1/s1. The Morgan fingerprint density at radius 1 is 1.15 bits per heavy atom. The minimum Gasteiger partial charge on any atom is -0.461 e. The Balaban J connectivity index is 1.24. The van der Waals surface area contributed by atoms with Gasteiger partial charge in [0, 0.05) is 38.0 Å². The lowest BCUT2D eigenvalue weighted by Crippen LogP contribution is -2.64. The number of hydrogen-bond donors (Lipinski definition) is 2. The zero-order valence-corrected chi connectivity index (χ0v) is 27.1. The van der Waals surface area contributed by atoms with Gasteiger partial charge in [-0.1, -0.05) is 11.3 Å². The number of benzene rings is 1. The van der Waals surface area contributed by atoms with Crippen LogP contribution >= 0.6 is 11.3 Å². The summed E-state index contributed by atoms with van der Waals surface area (Å²) in [5.41, 5.74) is 4.42. The number of nitrogen functional groups attached to an aromatic ring is 1. The predicted molar refractivity (Wildman–Crippen MR) is 168 cm³/mol. The van der Waals surface area contributed by atoms with Crippen molar-refractivity contribution in [3.63, 3.8) is 0 Å². The fourth-order valence-electron chi connectivity index (χ4n) is 8.03. The van der Waals surface area contributed by atoms with Crippen molar-refractivity contribution in [1.82, 2.24) is 29.5 Å². The van der Waals surface area contributed by atoms with Gasteiger partial charge in [-0.15, -0.1) is 0 Å². The van der Waals surface area contributed by atoms with Crippen molar-refractivity contribution in [2.24, 2.45) is 0 Å². The Morgan fingerprint density at radius 2 is 1.92 bits per heavy atom. The highest BCUT2D eigenvalue weighted by Gasteiger charge is 2.64. The molecule has 6 aliphatic rings. The topological polar surface area (TPSA) is 122 Å². The Morgan fingerprint density at radius 3 is 2.67 bits per heavy atom. The normalized spacial score (nSPS) is 32.6. The Kier molecular flexibility index (Phi) is 7.01. The molecule has 3 N–H and O–H groups in total. The number of fused-ring (bicyclic) bond motifs is 5. The van der Waals surface area contributed by atoms with Crippen LogP contribution in [0.4, 0.5) is 32.9 Å². The van der Waals surface area contributed by atoms with Crippen LogP contribution in [0.25, 0.3) is 21.7 Å². The van der Waals surface area contributed by atoms with Gasteiger partial charge in [0.1, 0.15) is 35.2 Å². The third-order valence-corrected chi connectivity index (χ3v) is 12.7. The van der Waals surface area contributed by atoms with Gasteiger partial charge in [-0.3, -0.25) is 9.21 Å². The van der Waals surface area contributed by atoms with Gasteiger partial charge in [-0.2, -0.15) is 9.97 Å². The molecule has 0 radical (unpaired) electrons. The number of piperazine rings is 1. The SMILES string of the molecule is Nc1nc2c(C3=C(F)c4nc(OC[C@@]56CCCN5C[C@H](F)C6)nc(N5C6CNCC5COC6)c4S(=O)N3C3CC3(F)F)ccc(F)c2s1. The van der Waals surface area contributed by atoms with Crippen LogP contribution in [0.1, 0.15) is 36.9 Å². The lowest BCUT2D eigenvalue weighted by Gasteiger charge is -2.47. The molecule has 7 heterocycles. The molecule has 1 aromatic carbocycles. The van der Waals surface area contributed by atoms with Crippen LogP contribution in [0.2, 0.25) is 0 Å². The van der Waals surface area contributed by atoms with Crippen molar-refractivity contribution in [3.8, 4) is 6.01 Å². The van der Waals surface area contributed by atoms with E-state index in [1.165, 1.54) is 6.07 Å². The second kappa shape index (κ2) is 10.9. The van der Waals surface area contributed by atoms with Crippen LogP contribution in [-0.4, -0.2) is 110 Å². The summed E-state index contributed by atoms with van der Waals surface area (Å²) >= 11 is 0.832. The van der Waals surface area contributed by atoms with Gasteiger partial charge < -0.3 is 25.4 Å². The fraction of sp³-hybridized carbons (Fsp3) is 0.567. The largest absolute Gasteiger partial charge is 0.461 e. The summed E-state index contributed by atoms with van der Waals surface area (Å²) < 4.78 is 104. The summed E-state index contributed by atoms with van der Waals surface area (Å²) in [5.74, 6) is -4.87. The first-order valence-electron chi connectivity index (χ1n) is 15.9. The molecule has 11 nitrogen and oxygen atoms in total. The first-order valence-corrected chi connectivity index (χ1v) is 17.8. The monoisotopic (exact) mass is 710 g/mol. The van der Waals surface area contributed by atoms with E-state index in [0.717, 1.165) is 41.1 Å². The molecule has 3 aromatic rings. The lowest BCUT2D eigenvalue weighted by atomic mass is 9.95. The molecular weight excluding hydrogens is 680 g/mol. The van der Waals surface area contributed by atoms with E-state index in [9.17, 15) is 21.8 Å². The predicted octanol–water partition coefficient (Wildman–Crippen LogP) is 3.48. The molecule has 9 rings (SSSR count). The number of morpholine rings is 1. The van der Waals surface area contributed by atoms with Crippen LogP contribution in [0.5, 0.6) is 6.01 Å². The first-order chi connectivity index (χ1) is 23.0. The molecular formula is C30H31F5N8O3S2. The molecule has 1 aliphatic carbocycles. The number of rotatable bonds is 6. The van der Waals surface area contributed by atoms with Gasteiger partial charge >= 0.3 is 6.01 Å². The molecule has 0 spiro atoms. The highest BCUT2D eigenvalue weighted by atomic mass is 32.2. The summed E-state index contributed by atoms with van der Waals surface area (Å²) in [5, 5.41) is 3.33. The molecule has 5 fully saturated rings. The van der Waals surface area contributed by atoms with Crippen molar-refractivity contribution in [1.29, 1.82) is 0 Å². The molecule has 4 unspecified atom stereocenters. The summed E-state index contributed by atoms with van der Waals surface area (Å²) in [4.78, 5) is 17.1. The highest BCUT2D eigenvalue weighted by Crippen LogP contribution is 2.55. The van der Waals surface area contributed by atoms with Gasteiger partial charge in [0.25, 0.3) is 5.92 Å². The number of ether oxygens (including phenoxy) is 2. The molecule has 5 aliphatic heterocycles. The van der Waals surface area contributed by atoms with E-state index >= 15 is 4.39 Å². The third kappa shape index (κ3) is 4.65. The second-order valence-corrected chi connectivity index (χ2v) is 15.7. The maximum Gasteiger partial charge on any atom is 0.319 e. The zero-order chi connectivity index (χ0) is 33.1. The molecule has 4 saturated heterocycles. The van der Waals surface area contributed by atoms with E-state index < -0.39 is 58.4 Å². The summed E-state index contributed by atoms with van der Waals surface area (Å²) in [6.45, 7) is 2.67. The smallest absolute Gasteiger partial charge is 0.319 e. The molecule has 48 heavy (non-hydrogen) atoms. The van der Waals surface area contributed by atoms with E-state index in [2.05, 4.69) is 20.2 Å². The van der Waals surface area contributed by atoms with Crippen molar-refractivity contribution >= 4 is 55.0 Å². The quantitative estimate of drug-likeness (QED) is 0.368. The number of nitrogens with one attached hydrogen (secondary N) is 1. The number of halogens is 5. The van der Waals surface area contributed by atoms with Crippen LogP contribution < -0.4 is 20.7 Å². The minimum atomic E-state index is -3.26. The van der Waals surface area contributed by atoms with Crippen LogP contribution in [0.15, 0.2) is 17.0 Å². The molecule has 6 atom stereocenters. The van der Waals surface area contributed by atoms with E-state index in [1.54, 1.807) is 0 Å². The Bertz CT molecular complexity index is 1880. The number of anilines is 2. The molecule has 18 heteroatoms. The van der Waals surface area contributed by atoms with Gasteiger partial charge in [-0.05, 0) is 31.5 Å². The Hall–Kier alpha value is -3.19. The van der Waals surface area contributed by atoms with Crippen LogP contribution in [-0.2, 0) is 15.7 Å². The van der Waals surface area contributed by atoms with Crippen molar-refractivity contribution < 1.29 is 35.6 Å². The number of alkyl halides is 3. The molecule has 1 saturated carbocycles. The fourth-order valence-corrected chi connectivity index (χ4v) is 10.4. The van der Waals surface area contributed by atoms with Gasteiger partial charge in [0.15, 0.2) is 27.8 Å². The van der Waals surface area contributed by atoms with Gasteiger partial charge in [0.2, 0.25) is 0 Å². The number of thiazole rings is 1. The van der Waals surface area contributed by atoms with E-state index in [0.29, 0.717) is 32.8 Å². The number of aromatic nitrogens is 3. The third-order valence-electron chi connectivity index (χ3n) is 10.3. The Labute approximate surface area is 277 Å². The molecule has 2 aromatic heterocycles. The lowest BCUT2D eigenvalue weighted by molar-refractivity contribution is 0.0516. The summed E-state index contributed by atoms with van der Waals surface area (Å²) in [6.07, 6.45) is 0.222. The average Bonchev–Trinajstić information content (AvgIpc) is 3.34. The maximum atomic E-state index is 17.3. The van der Waals surface area contributed by atoms with Gasteiger partial charge in [0.05, 0.1) is 46.8 Å². The van der Waals surface area contributed by atoms with Crippen LogP contribution in [0, 0.1) is 5.82 Å². The molecule has 2 bridgehead atoms. The number of nitrogens with zero attached hydrogens (tertiary/aromatic N) is 6.